The average Bonchev–Trinajstić information content (AvgIpc) is 3.22. The van der Waals surface area contributed by atoms with Crippen LogP contribution >= 0.6 is 0 Å². The predicted octanol–water partition coefficient (Wildman–Crippen LogP) is 3.71. The van der Waals surface area contributed by atoms with Gasteiger partial charge in [-0.1, -0.05) is 54.6 Å². The fourth-order valence-electron chi connectivity index (χ4n) is 1.38. The van der Waals surface area contributed by atoms with E-state index >= 15 is 0 Å². The van der Waals surface area contributed by atoms with Gasteiger partial charge in [0.25, 0.3) is 0 Å². The van der Waals surface area contributed by atoms with E-state index in [9.17, 15) is 10.2 Å². The van der Waals surface area contributed by atoms with Crippen LogP contribution in [0.5, 0.6) is 11.5 Å². The smallest absolute Gasteiger partial charge is 0.165 e. The van der Waals surface area contributed by atoms with Crippen molar-refractivity contribution < 1.29 is 10.2 Å². The SMILES string of the molecule is C1=CC1.Oc1cccc(-c2ccccc2)c1O. The van der Waals surface area contributed by atoms with Crippen molar-refractivity contribution in [3.05, 3.63) is 60.7 Å². The van der Waals surface area contributed by atoms with Crippen molar-refractivity contribution in [2.24, 2.45) is 0 Å². The molecule has 0 unspecified atom stereocenters. The van der Waals surface area contributed by atoms with Crippen LogP contribution in [0.25, 0.3) is 11.1 Å². The summed E-state index contributed by atoms with van der Waals surface area (Å²) in [5.41, 5.74) is 1.53. The molecule has 1 aliphatic rings. The molecule has 3 rings (SSSR count). The second-order valence-electron chi connectivity index (χ2n) is 3.75. The van der Waals surface area contributed by atoms with Crippen LogP contribution in [-0.2, 0) is 0 Å². The maximum Gasteiger partial charge on any atom is 0.165 e. The minimum atomic E-state index is -0.0913. The van der Waals surface area contributed by atoms with E-state index < -0.39 is 0 Å². The van der Waals surface area contributed by atoms with Gasteiger partial charge in [0.15, 0.2) is 11.5 Å². The molecule has 0 aliphatic heterocycles. The van der Waals surface area contributed by atoms with Gasteiger partial charge < -0.3 is 10.2 Å². The van der Waals surface area contributed by atoms with Crippen LogP contribution in [-0.4, -0.2) is 10.2 Å². The molecule has 0 aromatic heterocycles. The highest BCUT2D eigenvalue weighted by Gasteiger charge is 2.06. The Labute approximate surface area is 100 Å². The second-order valence-corrected chi connectivity index (χ2v) is 3.75. The largest absolute Gasteiger partial charge is 0.504 e. The van der Waals surface area contributed by atoms with Crippen LogP contribution < -0.4 is 0 Å². The number of rotatable bonds is 1. The van der Waals surface area contributed by atoms with Gasteiger partial charge in [-0.15, -0.1) is 0 Å². The molecule has 1 aliphatic carbocycles. The summed E-state index contributed by atoms with van der Waals surface area (Å²) in [5.74, 6) is -0.162. The average molecular weight is 226 g/mol. The van der Waals surface area contributed by atoms with Crippen LogP contribution in [0.15, 0.2) is 60.7 Å². The molecule has 0 spiro atoms. The topological polar surface area (TPSA) is 40.5 Å². The van der Waals surface area contributed by atoms with Gasteiger partial charge in [0.1, 0.15) is 0 Å². The number of phenols is 2. The molecule has 0 amide bonds. The van der Waals surface area contributed by atoms with Crippen LogP contribution in [0.1, 0.15) is 6.42 Å². The fraction of sp³-hybridized carbons (Fsp3) is 0.0667. The number of hydrogen-bond acceptors (Lipinski definition) is 2. The summed E-state index contributed by atoms with van der Waals surface area (Å²) in [7, 11) is 0. The Balaban J connectivity index is 0.000000313. The lowest BCUT2D eigenvalue weighted by Gasteiger charge is -2.05. The van der Waals surface area contributed by atoms with Crippen molar-refractivity contribution in [2.75, 3.05) is 0 Å². The van der Waals surface area contributed by atoms with Crippen LogP contribution in [0.3, 0.4) is 0 Å². The molecule has 2 heteroatoms. The van der Waals surface area contributed by atoms with E-state index in [1.807, 2.05) is 30.3 Å². The van der Waals surface area contributed by atoms with Gasteiger partial charge in [-0.2, -0.15) is 0 Å². The summed E-state index contributed by atoms with van der Waals surface area (Å²) < 4.78 is 0. The van der Waals surface area contributed by atoms with E-state index in [2.05, 4.69) is 12.2 Å². The number of para-hydroxylation sites is 1. The summed E-state index contributed by atoms with van der Waals surface area (Å²) in [6, 6.07) is 14.4. The molecule has 17 heavy (non-hydrogen) atoms. The summed E-state index contributed by atoms with van der Waals surface area (Å²) in [4.78, 5) is 0. The van der Waals surface area contributed by atoms with Gasteiger partial charge in [-0.05, 0) is 18.1 Å². The molecule has 2 aromatic carbocycles. The zero-order chi connectivity index (χ0) is 12.1. The summed E-state index contributed by atoms with van der Waals surface area (Å²) in [6.45, 7) is 0. The molecule has 0 radical (unpaired) electrons. The first-order valence-electron chi connectivity index (χ1n) is 5.50. The third kappa shape index (κ3) is 3.11. The summed E-state index contributed by atoms with van der Waals surface area (Å²) in [5, 5.41) is 18.9. The van der Waals surface area contributed by atoms with E-state index in [1.165, 1.54) is 12.5 Å². The monoisotopic (exact) mass is 226 g/mol. The van der Waals surface area contributed by atoms with Crippen LogP contribution in [0.2, 0.25) is 0 Å². The Morgan fingerprint density at radius 2 is 1.41 bits per heavy atom. The first-order chi connectivity index (χ1) is 8.29. The van der Waals surface area contributed by atoms with Gasteiger partial charge in [0.05, 0.1) is 0 Å². The Morgan fingerprint density at radius 1 is 0.765 bits per heavy atom. The van der Waals surface area contributed by atoms with Crippen molar-refractivity contribution in [1.82, 2.24) is 0 Å². The maximum absolute atomic E-state index is 9.60. The lowest BCUT2D eigenvalue weighted by Crippen LogP contribution is -1.78. The molecule has 0 bridgehead atoms. The summed E-state index contributed by atoms with van der Waals surface area (Å²) >= 11 is 0. The van der Waals surface area contributed by atoms with Gasteiger partial charge >= 0.3 is 0 Å². The van der Waals surface area contributed by atoms with Crippen molar-refractivity contribution in [1.29, 1.82) is 0 Å². The molecule has 0 atom stereocenters. The minimum Gasteiger partial charge on any atom is -0.504 e. The Morgan fingerprint density at radius 3 is 2.00 bits per heavy atom. The highest BCUT2D eigenvalue weighted by Crippen LogP contribution is 2.35. The first-order valence-corrected chi connectivity index (χ1v) is 5.50. The third-order valence-corrected chi connectivity index (χ3v) is 2.34. The molecule has 0 fully saturated rings. The van der Waals surface area contributed by atoms with E-state index in [0.29, 0.717) is 5.56 Å². The quantitative estimate of drug-likeness (QED) is 0.574. The Bertz CT molecular complexity index is 512. The lowest BCUT2D eigenvalue weighted by molar-refractivity contribution is 0.405. The zero-order valence-electron chi connectivity index (χ0n) is 9.38. The maximum atomic E-state index is 9.60. The highest BCUT2D eigenvalue weighted by atomic mass is 16.3. The number of aromatic hydroxyl groups is 2. The van der Waals surface area contributed by atoms with Gasteiger partial charge in [0, 0.05) is 5.56 Å². The number of phenolic OH excluding ortho intramolecular Hbond substituents is 2. The molecule has 2 N–H and O–H groups in total. The molecule has 0 saturated carbocycles. The standard InChI is InChI=1S/C12H10O2.C3H4/c13-11-8-4-7-10(12(11)14)9-5-2-1-3-6-9;1-2-3-1/h1-8,13-14H;1-2H,3H2. The number of allylic oxidation sites excluding steroid dienone is 2. The highest BCUT2D eigenvalue weighted by molar-refractivity contribution is 5.72. The van der Waals surface area contributed by atoms with Crippen molar-refractivity contribution in [3.63, 3.8) is 0 Å². The number of benzene rings is 2. The molecule has 0 saturated heterocycles. The summed E-state index contributed by atoms with van der Waals surface area (Å²) in [6.07, 6.45) is 5.50. The van der Waals surface area contributed by atoms with E-state index in [-0.39, 0.29) is 11.5 Å². The van der Waals surface area contributed by atoms with E-state index in [0.717, 1.165) is 5.56 Å². The zero-order valence-corrected chi connectivity index (χ0v) is 9.38. The van der Waals surface area contributed by atoms with Gasteiger partial charge in [-0.3, -0.25) is 0 Å². The fourth-order valence-corrected chi connectivity index (χ4v) is 1.38. The minimum absolute atomic E-state index is 0.0706. The van der Waals surface area contributed by atoms with Crippen molar-refractivity contribution in [2.45, 2.75) is 6.42 Å². The molecule has 86 valence electrons. The van der Waals surface area contributed by atoms with Crippen LogP contribution in [0, 0.1) is 0 Å². The molecule has 2 nitrogen and oxygen atoms in total. The lowest BCUT2D eigenvalue weighted by atomic mass is 10.0. The Kier molecular flexibility index (Phi) is 3.46. The van der Waals surface area contributed by atoms with Gasteiger partial charge in [0.2, 0.25) is 0 Å². The van der Waals surface area contributed by atoms with Crippen molar-refractivity contribution >= 4 is 0 Å². The van der Waals surface area contributed by atoms with Crippen molar-refractivity contribution in [3.8, 4) is 22.6 Å². The molecular formula is C15H14O2. The second kappa shape index (κ2) is 5.21. The third-order valence-electron chi connectivity index (χ3n) is 2.34. The van der Waals surface area contributed by atoms with E-state index in [4.69, 9.17) is 0 Å². The van der Waals surface area contributed by atoms with Gasteiger partial charge in [-0.25, -0.2) is 0 Å². The Hall–Kier alpha value is -2.22. The predicted molar refractivity (Wildman–Crippen MR) is 69.0 cm³/mol. The molecular weight excluding hydrogens is 212 g/mol. The molecule has 2 aromatic rings. The first kappa shape index (κ1) is 11.3. The van der Waals surface area contributed by atoms with E-state index in [1.54, 1.807) is 12.1 Å². The van der Waals surface area contributed by atoms with Crippen LogP contribution in [0.4, 0.5) is 0 Å². The normalized spacial score (nSPS) is 11.5. The number of hydrogen-bond donors (Lipinski definition) is 2. The molecule has 0 heterocycles.